The molecule has 0 aliphatic heterocycles. The molecule has 0 aliphatic carbocycles. The van der Waals surface area contributed by atoms with E-state index in [0.717, 1.165) is 6.42 Å². The molecule has 0 aromatic heterocycles. The zero-order chi connectivity index (χ0) is 7.28. The maximum absolute atomic E-state index is 10.2. The fourth-order valence-electron chi connectivity index (χ4n) is 0.377. The molecule has 2 heteroatoms. The normalized spacial score (nSPS) is 10.5. The van der Waals surface area contributed by atoms with Crippen LogP contribution in [0.2, 0.25) is 0 Å². The minimum atomic E-state index is -0.185. The van der Waals surface area contributed by atoms with Gasteiger partial charge in [-0.05, 0) is 5.92 Å². The van der Waals surface area contributed by atoms with Crippen LogP contribution >= 0.6 is 0 Å². The fraction of sp³-hybridized carbons (Fsp3) is 0.889. The molecule has 0 fully saturated rings. The number of esters is 1. The zero-order valence-electron chi connectivity index (χ0n) is 6.31. The maximum Gasteiger partial charge on any atom is 0.302 e. The summed E-state index contributed by atoms with van der Waals surface area (Å²) in [6.07, 6.45) is 1.06. The van der Waals surface area contributed by atoms with E-state index >= 15 is 0 Å². The van der Waals surface area contributed by atoms with Crippen molar-refractivity contribution in [2.45, 2.75) is 42.0 Å². The van der Waals surface area contributed by atoms with Gasteiger partial charge in [0.25, 0.3) is 0 Å². The molecule has 0 radical (unpaired) electrons. The first-order valence-electron chi connectivity index (χ1n) is 3.30. The Kier molecular flexibility index (Phi) is 14.5. The Bertz CT molecular complexity index is 89.6. The van der Waals surface area contributed by atoms with Crippen LogP contribution in [-0.4, -0.2) is 12.6 Å². The lowest BCUT2D eigenvalue weighted by Crippen LogP contribution is -2.07. The first-order valence-corrected chi connectivity index (χ1v) is 3.30. The van der Waals surface area contributed by atoms with E-state index in [0.29, 0.717) is 12.5 Å². The lowest BCUT2D eigenvalue weighted by molar-refractivity contribution is -0.142. The van der Waals surface area contributed by atoms with Crippen molar-refractivity contribution >= 4 is 5.97 Å². The molecule has 0 saturated heterocycles. The lowest BCUT2D eigenvalue weighted by atomic mass is 10.1. The Morgan fingerprint density at radius 1 is 1.45 bits per heavy atom. The van der Waals surface area contributed by atoms with Gasteiger partial charge in [0.1, 0.15) is 0 Å². The molecule has 0 amide bonds. The highest BCUT2D eigenvalue weighted by molar-refractivity contribution is 5.65. The highest BCUT2D eigenvalue weighted by atomic mass is 16.5. The van der Waals surface area contributed by atoms with Gasteiger partial charge in [-0.15, -0.1) is 0 Å². The van der Waals surface area contributed by atoms with Gasteiger partial charge in [0.15, 0.2) is 0 Å². The van der Waals surface area contributed by atoms with Gasteiger partial charge in [-0.3, -0.25) is 4.79 Å². The molecule has 0 bridgehead atoms. The SMILES string of the molecule is C.C.CCC(C)COC(C)=O. The number of carbonyl (C=O) groups is 1. The van der Waals surface area contributed by atoms with Crippen LogP contribution in [0.15, 0.2) is 0 Å². The predicted molar refractivity (Wildman–Crippen MR) is 49.6 cm³/mol. The highest BCUT2D eigenvalue weighted by Gasteiger charge is 1.99. The van der Waals surface area contributed by atoms with E-state index in [4.69, 9.17) is 4.74 Å². The average molecular weight is 162 g/mol. The molecule has 0 rings (SSSR count). The van der Waals surface area contributed by atoms with E-state index in [-0.39, 0.29) is 20.8 Å². The van der Waals surface area contributed by atoms with E-state index in [2.05, 4.69) is 13.8 Å². The molecule has 1 atom stereocenters. The summed E-state index contributed by atoms with van der Waals surface area (Å²) in [4.78, 5) is 10.2. The van der Waals surface area contributed by atoms with Crippen molar-refractivity contribution in [3.8, 4) is 0 Å². The van der Waals surface area contributed by atoms with E-state index < -0.39 is 0 Å². The van der Waals surface area contributed by atoms with E-state index in [1.165, 1.54) is 6.92 Å². The van der Waals surface area contributed by atoms with Crippen LogP contribution in [0, 0.1) is 5.92 Å². The average Bonchev–Trinajstić information content (AvgIpc) is 1.83. The van der Waals surface area contributed by atoms with E-state index in [1.54, 1.807) is 0 Å². The highest BCUT2D eigenvalue weighted by Crippen LogP contribution is 1.99. The summed E-state index contributed by atoms with van der Waals surface area (Å²) in [5.41, 5.74) is 0. The number of hydrogen-bond donors (Lipinski definition) is 0. The van der Waals surface area contributed by atoms with Gasteiger partial charge < -0.3 is 4.74 Å². The molecule has 0 aromatic rings. The summed E-state index contributed by atoms with van der Waals surface area (Å²) in [6.45, 7) is 6.13. The Morgan fingerprint density at radius 2 is 1.91 bits per heavy atom. The molecule has 70 valence electrons. The summed E-state index contributed by atoms with van der Waals surface area (Å²) in [6, 6.07) is 0. The van der Waals surface area contributed by atoms with Crippen LogP contribution in [-0.2, 0) is 9.53 Å². The molecule has 0 heterocycles. The minimum Gasteiger partial charge on any atom is -0.466 e. The Morgan fingerprint density at radius 3 is 2.18 bits per heavy atom. The lowest BCUT2D eigenvalue weighted by Gasteiger charge is -2.06. The van der Waals surface area contributed by atoms with Crippen molar-refractivity contribution in [3.05, 3.63) is 0 Å². The fourth-order valence-corrected chi connectivity index (χ4v) is 0.377. The van der Waals surface area contributed by atoms with Gasteiger partial charge in [0.05, 0.1) is 6.61 Å². The summed E-state index contributed by atoms with van der Waals surface area (Å²) in [5, 5.41) is 0. The molecule has 0 aliphatic rings. The third kappa shape index (κ3) is 12.6. The predicted octanol–water partition coefficient (Wildman–Crippen LogP) is 2.87. The van der Waals surface area contributed by atoms with Gasteiger partial charge in [0.2, 0.25) is 0 Å². The Hall–Kier alpha value is -0.530. The van der Waals surface area contributed by atoms with Crippen molar-refractivity contribution in [2.24, 2.45) is 5.92 Å². The zero-order valence-corrected chi connectivity index (χ0v) is 6.31. The largest absolute Gasteiger partial charge is 0.466 e. The van der Waals surface area contributed by atoms with Crippen molar-refractivity contribution < 1.29 is 9.53 Å². The molecule has 0 saturated carbocycles. The number of carbonyl (C=O) groups excluding carboxylic acids is 1. The molecule has 0 spiro atoms. The van der Waals surface area contributed by atoms with Crippen molar-refractivity contribution in [2.75, 3.05) is 6.61 Å². The molecular formula is C9H22O2. The summed E-state index contributed by atoms with van der Waals surface area (Å²) >= 11 is 0. The summed E-state index contributed by atoms with van der Waals surface area (Å²) < 4.78 is 4.76. The quantitative estimate of drug-likeness (QED) is 0.596. The smallest absolute Gasteiger partial charge is 0.302 e. The van der Waals surface area contributed by atoms with Crippen LogP contribution in [0.3, 0.4) is 0 Å². The van der Waals surface area contributed by atoms with E-state index in [1.807, 2.05) is 0 Å². The van der Waals surface area contributed by atoms with Crippen molar-refractivity contribution in [1.82, 2.24) is 0 Å². The van der Waals surface area contributed by atoms with Crippen LogP contribution in [0.1, 0.15) is 42.0 Å². The van der Waals surface area contributed by atoms with Gasteiger partial charge >= 0.3 is 5.97 Å². The molecular weight excluding hydrogens is 140 g/mol. The third-order valence-corrected chi connectivity index (χ3v) is 1.27. The Balaban J connectivity index is -0.000000320. The Labute approximate surface area is 70.9 Å². The van der Waals surface area contributed by atoms with Crippen LogP contribution in [0.4, 0.5) is 0 Å². The second-order valence-electron chi connectivity index (χ2n) is 2.32. The first kappa shape index (κ1) is 16.8. The molecule has 11 heavy (non-hydrogen) atoms. The molecule has 2 nitrogen and oxygen atoms in total. The number of ether oxygens (including phenoxy) is 1. The monoisotopic (exact) mass is 162 g/mol. The third-order valence-electron chi connectivity index (χ3n) is 1.27. The molecule has 0 aromatic carbocycles. The topological polar surface area (TPSA) is 26.3 Å². The van der Waals surface area contributed by atoms with Gasteiger partial charge in [0, 0.05) is 6.92 Å². The molecule has 0 N–H and O–H groups in total. The van der Waals surface area contributed by atoms with Crippen LogP contribution in [0.25, 0.3) is 0 Å². The van der Waals surface area contributed by atoms with Crippen molar-refractivity contribution in [1.29, 1.82) is 0 Å². The second-order valence-corrected chi connectivity index (χ2v) is 2.32. The van der Waals surface area contributed by atoms with Crippen LogP contribution < -0.4 is 0 Å². The molecule has 1 unspecified atom stereocenters. The summed E-state index contributed by atoms with van der Waals surface area (Å²) in [5.74, 6) is 0.309. The van der Waals surface area contributed by atoms with E-state index in [9.17, 15) is 4.79 Å². The van der Waals surface area contributed by atoms with Crippen molar-refractivity contribution in [3.63, 3.8) is 0 Å². The summed E-state index contributed by atoms with van der Waals surface area (Å²) in [7, 11) is 0. The van der Waals surface area contributed by atoms with Gasteiger partial charge in [-0.25, -0.2) is 0 Å². The minimum absolute atomic E-state index is 0. The van der Waals surface area contributed by atoms with Gasteiger partial charge in [-0.2, -0.15) is 0 Å². The van der Waals surface area contributed by atoms with Gasteiger partial charge in [-0.1, -0.05) is 35.1 Å². The number of rotatable bonds is 3. The van der Waals surface area contributed by atoms with Crippen LogP contribution in [0.5, 0.6) is 0 Å². The number of hydrogen-bond acceptors (Lipinski definition) is 2. The second kappa shape index (κ2) is 9.47. The standard InChI is InChI=1S/C7H14O2.2CH4/c1-4-6(2)5-9-7(3)8;;/h6H,4-5H2,1-3H3;2*1H4. The maximum atomic E-state index is 10.2. The first-order chi connectivity index (χ1) is 4.16.